The van der Waals surface area contributed by atoms with Crippen LogP contribution in [0.3, 0.4) is 0 Å². The molecule has 2 rings (SSSR count). The minimum atomic E-state index is -0.0396. The normalized spacial score (nSPS) is 21.3. The van der Waals surface area contributed by atoms with Crippen molar-refractivity contribution in [3.63, 3.8) is 0 Å². The molecule has 0 spiro atoms. The van der Waals surface area contributed by atoms with E-state index in [2.05, 4.69) is 19.2 Å². The van der Waals surface area contributed by atoms with E-state index in [-0.39, 0.29) is 11.9 Å². The van der Waals surface area contributed by atoms with E-state index in [1.165, 1.54) is 0 Å². The summed E-state index contributed by atoms with van der Waals surface area (Å²) in [5.74, 6) is -0.0396. The maximum absolute atomic E-state index is 12.0. The largest absolute Gasteiger partial charge is 0.349 e. The predicted octanol–water partition coefficient (Wildman–Crippen LogP) is 2.87. The topological polar surface area (TPSA) is 52.9 Å². The highest BCUT2D eigenvalue weighted by molar-refractivity contribution is 5.94. The molecule has 94 valence electrons. The average Bonchev–Trinajstić information content (AvgIpc) is 2.68. The molecule has 1 aromatic rings. The molecule has 1 aliphatic carbocycles. The molecule has 1 atom stereocenters. The van der Waals surface area contributed by atoms with E-state index in [4.69, 9.17) is 5.26 Å². The minimum Gasteiger partial charge on any atom is -0.349 e. The minimum absolute atomic E-state index is 0.0396. The highest BCUT2D eigenvalue weighted by atomic mass is 16.1. The van der Waals surface area contributed by atoms with Crippen LogP contribution in [0, 0.1) is 16.7 Å². The summed E-state index contributed by atoms with van der Waals surface area (Å²) in [6.07, 6.45) is 3.25. The zero-order chi connectivity index (χ0) is 13.2. The first kappa shape index (κ1) is 12.6. The summed E-state index contributed by atoms with van der Waals surface area (Å²) in [5, 5.41) is 11.8. The van der Waals surface area contributed by atoms with Gasteiger partial charge in [-0.2, -0.15) is 5.26 Å². The zero-order valence-electron chi connectivity index (χ0n) is 10.9. The Balaban J connectivity index is 1.98. The number of carbonyl (C=O) groups excluding carboxylic acids is 1. The SMILES string of the molecule is CC1(C)CCC(NC(=O)c2ccc(C#N)cc2)C1. The van der Waals surface area contributed by atoms with E-state index >= 15 is 0 Å². The lowest BCUT2D eigenvalue weighted by Gasteiger charge is -2.17. The van der Waals surface area contributed by atoms with Crippen LogP contribution in [0.4, 0.5) is 0 Å². The second-order valence-electron chi connectivity index (χ2n) is 5.77. The molecule has 1 unspecified atom stereocenters. The van der Waals surface area contributed by atoms with Gasteiger partial charge in [0.2, 0.25) is 0 Å². The Morgan fingerprint density at radius 2 is 2.06 bits per heavy atom. The molecule has 0 aromatic heterocycles. The van der Waals surface area contributed by atoms with Gasteiger partial charge in [0, 0.05) is 11.6 Å². The molecule has 1 aliphatic rings. The average molecular weight is 242 g/mol. The van der Waals surface area contributed by atoms with E-state index in [1.807, 2.05) is 6.07 Å². The van der Waals surface area contributed by atoms with Crippen LogP contribution in [0.5, 0.6) is 0 Å². The van der Waals surface area contributed by atoms with Crippen LogP contribution >= 0.6 is 0 Å². The second kappa shape index (κ2) is 4.81. The van der Waals surface area contributed by atoms with Gasteiger partial charge in [-0.15, -0.1) is 0 Å². The van der Waals surface area contributed by atoms with Crippen molar-refractivity contribution in [1.29, 1.82) is 5.26 Å². The maximum Gasteiger partial charge on any atom is 0.251 e. The standard InChI is InChI=1S/C15H18N2O/c1-15(2)8-7-13(9-15)17-14(18)12-5-3-11(10-16)4-6-12/h3-6,13H,7-9H2,1-2H3,(H,17,18). The van der Waals surface area contributed by atoms with Crippen molar-refractivity contribution < 1.29 is 4.79 Å². The summed E-state index contributed by atoms with van der Waals surface area (Å²) in [6, 6.07) is 9.08. The highest BCUT2D eigenvalue weighted by Crippen LogP contribution is 2.36. The highest BCUT2D eigenvalue weighted by Gasteiger charge is 2.31. The van der Waals surface area contributed by atoms with Crippen LogP contribution in [-0.4, -0.2) is 11.9 Å². The first-order chi connectivity index (χ1) is 8.50. The van der Waals surface area contributed by atoms with Crippen LogP contribution in [0.25, 0.3) is 0 Å². The molecule has 3 heteroatoms. The summed E-state index contributed by atoms with van der Waals surface area (Å²) in [4.78, 5) is 12.0. The Morgan fingerprint density at radius 3 is 2.56 bits per heavy atom. The molecule has 0 bridgehead atoms. The molecule has 1 fully saturated rings. The quantitative estimate of drug-likeness (QED) is 0.867. The first-order valence-electron chi connectivity index (χ1n) is 6.31. The van der Waals surface area contributed by atoms with Crippen molar-refractivity contribution in [2.75, 3.05) is 0 Å². The molecular formula is C15H18N2O. The number of nitriles is 1. The molecule has 18 heavy (non-hydrogen) atoms. The van der Waals surface area contributed by atoms with E-state index in [0.717, 1.165) is 19.3 Å². The number of amides is 1. The van der Waals surface area contributed by atoms with Crippen molar-refractivity contribution in [2.24, 2.45) is 5.41 Å². The second-order valence-corrected chi connectivity index (χ2v) is 5.77. The van der Waals surface area contributed by atoms with Gasteiger partial charge < -0.3 is 5.32 Å². The van der Waals surface area contributed by atoms with Gasteiger partial charge in [-0.05, 0) is 48.9 Å². The third kappa shape index (κ3) is 2.89. The number of hydrogen-bond acceptors (Lipinski definition) is 2. The van der Waals surface area contributed by atoms with E-state index in [0.29, 0.717) is 16.5 Å². The van der Waals surface area contributed by atoms with Gasteiger partial charge in [0.25, 0.3) is 5.91 Å². The molecular weight excluding hydrogens is 224 g/mol. The Hall–Kier alpha value is -1.82. The van der Waals surface area contributed by atoms with Gasteiger partial charge in [0.05, 0.1) is 11.6 Å². The number of rotatable bonds is 2. The number of nitrogens with one attached hydrogen (secondary N) is 1. The summed E-state index contributed by atoms with van der Waals surface area (Å²) in [5.41, 5.74) is 1.54. The van der Waals surface area contributed by atoms with Crippen LogP contribution in [0.1, 0.15) is 49.0 Å². The lowest BCUT2D eigenvalue weighted by Crippen LogP contribution is -2.33. The van der Waals surface area contributed by atoms with Crippen LogP contribution in [0.2, 0.25) is 0 Å². The lowest BCUT2D eigenvalue weighted by molar-refractivity contribution is 0.0936. The molecule has 1 saturated carbocycles. The fraction of sp³-hybridized carbons (Fsp3) is 0.467. The Kier molecular flexibility index (Phi) is 3.38. The Morgan fingerprint density at radius 1 is 1.39 bits per heavy atom. The van der Waals surface area contributed by atoms with Crippen LogP contribution < -0.4 is 5.32 Å². The van der Waals surface area contributed by atoms with Gasteiger partial charge in [-0.3, -0.25) is 4.79 Å². The third-order valence-corrected chi connectivity index (χ3v) is 3.58. The van der Waals surface area contributed by atoms with E-state index in [9.17, 15) is 4.79 Å². The molecule has 1 aromatic carbocycles. The van der Waals surface area contributed by atoms with E-state index < -0.39 is 0 Å². The lowest BCUT2D eigenvalue weighted by atomic mass is 9.92. The third-order valence-electron chi connectivity index (χ3n) is 3.58. The van der Waals surface area contributed by atoms with Gasteiger partial charge >= 0.3 is 0 Å². The van der Waals surface area contributed by atoms with Crippen molar-refractivity contribution in [2.45, 2.75) is 39.2 Å². The molecule has 3 nitrogen and oxygen atoms in total. The van der Waals surface area contributed by atoms with E-state index in [1.54, 1.807) is 24.3 Å². The van der Waals surface area contributed by atoms with Gasteiger partial charge in [-0.25, -0.2) is 0 Å². The first-order valence-corrected chi connectivity index (χ1v) is 6.31. The monoisotopic (exact) mass is 242 g/mol. The summed E-state index contributed by atoms with van der Waals surface area (Å²) < 4.78 is 0. The van der Waals surface area contributed by atoms with Crippen molar-refractivity contribution in [3.05, 3.63) is 35.4 Å². The fourth-order valence-corrected chi connectivity index (χ4v) is 2.52. The number of benzene rings is 1. The Bertz CT molecular complexity index is 482. The van der Waals surface area contributed by atoms with Gasteiger partial charge in [0.15, 0.2) is 0 Å². The molecule has 1 N–H and O–H groups in total. The number of nitrogens with zero attached hydrogens (tertiary/aromatic N) is 1. The molecule has 0 aliphatic heterocycles. The van der Waals surface area contributed by atoms with Crippen LogP contribution in [-0.2, 0) is 0 Å². The van der Waals surface area contributed by atoms with Gasteiger partial charge in [-0.1, -0.05) is 13.8 Å². The Labute approximate surface area is 108 Å². The number of hydrogen-bond donors (Lipinski definition) is 1. The fourth-order valence-electron chi connectivity index (χ4n) is 2.52. The smallest absolute Gasteiger partial charge is 0.251 e. The van der Waals surface area contributed by atoms with Crippen molar-refractivity contribution in [1.82, 2.24) is 5.32 Å². The predicted molar refractivity (Wildman–Crippen MR) is 70.0 cm³/mol. The maximum atomic E-state index is 12.0. The summed E-state index contributed by atoms with van der Waals surface area (Å²) in [6.45, 7) is 4.47. The molecule has 0 heterocycles. The van der Waals surface area contributed by atoms with Crippen molar-refractivity contribution >= 4 is 5.91 Å². The number of carbonyl (C=O) groups is 1. The summed E-state index contributed by atoms with van der Waals surface area (Å²) in [7, 11) is 0. The zero-order valence-corrected chi connectivity index (χ0v) is 10.9. The van der Waals surface area contributed by atoms with Gasteiger partial charge in [0.1, 0.15) is 0 Å². The van der Waals surface area contributed by atoms with Crippen LogP contribution in [0.15, 0.2) is 24.3 Å². The molecule has 0 saturated heterocycles. The molecule has 1 amide bonds. The van der Waals surface area contributed by atoms with Crippen molar-refractivity contribution in [3.8, 4) is 6.07 Å². The molecule has 0 radical (unpaired) electrons. The summed E-state index contributed by atoms with van der Waals surface area (Å²) >= 11 is 0.